The number of carbonyl (C=O) groups excluding carboxylic acids is 2. The highest BCUT2D eigenvalue weighted by Crippen LogP contribution is 1.95. The first-order chi connectivity index (χ1) is 6.11. The molecular weight excluding hydrogens is 170 g/mol. The Labute approximate surface area is 78.6 Å². The highest BCUT2D eigenvalue weighted by atomic mass is 16.5. The third kappa shape index (κ3) is 5.36. The number of rotatable bonds is 6. The molecule has 0 rings (SSSR count). The van der Waals surface area contributed by atoms with Gasteiger partial charge >= 0.3 is 5.97 Å². The number of hydrogen-bond donors (Lipinski definition) is 1. The highest BCUT2D eigenvalue weighted by Gasteiger charge is 2.17. The van der Waals surface area contributed by atoms with Crippen molar-refractivity contribution in [3.8, 4) is 0 Å². The molecule has 0 heterocycles. The van der Waals surface area contributed by atoms with Gasteiger partial charge in [0.25, 0.3) is 0 Å². The molecule has 0 aliphatic rings. The number of aldehydes is 1. The lowest BCUT2D eigenvalue weighted by molar-refractivity contribution is -0.144. The summed E-state index contributed by atoms with van der Waals surface area (Å²) in [5.74, 6) is 0.0616. The fourth-order valence-electron chi connectivity index (χ4n) is 0.879. The monoisotopic (exact) mass is 187 g/mol. The molecule has 1 N–H and O–H groups in total. The molecule has 1 atom stereocenters. The molecule has 4 heteroatoms. The van der Waals surface area contributed by atoms with Crippen LogP contribution in [0.3, 0.4) is 0 Å². The molecule has 0 spiro atoms. The first-order valence-electron chi connectivity index (χ1n) is 4.36. The summed E-state index contributed by atoms with van der Waals surface area (Å²) in [6.07, 6.45) is 0.883. The van der Waals surface area contributed by atoms with Gasteiger partial charge in [-0.15, -0.1) is 0 Å². The summed E-state index contributed by atoms with van der Waals surface area (Å²) in [6.45, 7) is 4.76. The van der Waals surface area contributed by atoms with Gasteiger partial charge in [0.2, 0.25) is 0 Å². The quantitative estimate of drug-likeness (QED) is 0.482. The Morgan fingerprint density at radius 1 is 1.54 bits per heavy atom. The van der Waals surface area contributed by atoms with Gasteiger partial charge < -0.3 is 14.8 Å². The number of esters is 1. The zero-order valence-electron chi connectivity index (χ0n) is 8.37. The van der Waals surface area contributed by atoms with Gasteiger partial charge in [-0.1, -0.05) is 13.8 Å². The summed E-state index contributed by atoms with van der Waals surface area (Å²) in [5.41, 5.74) is 0. The number of hydrogen-bond acceptors (Lipinski definition) is 4. The van der Waals surface area contributed by atoms with Gasteiger partial charge in [0.15, 0.2) is 0 Å². The molecule has 0 aliphatic carbocycles. The number of ether oxygens (including phenoxy) is 1. The number of methoxy groups -OCH3 is 1. The summed E-state index contributed by atoms with van der Waals surface area (Å²) < 4.78 is 4.54. The average Bonchev–Trinajstić information content (AvgIpc) is 2.10. The van der Waals surface area contributed by atoms with E-state index >= 15 is 0 Å². The van der Waals surface area contributed by atoms with Crippen molar-refractivity contribution in [2.45, 2.75) is 26.3 Å². The molecule has 0 amide bonds. The zero-order chi connectivity index (χ0) is 10.3. The summed E-state index contributed by atoms with van der Waals surface area (Å²) in [6, 6.07) is -0.495. The third-order valence-corrected chi connectivity index (χ3v) is 1.59. The van der Waals surface area contributed by atoms with E-state index in [1.165, 1.54) is 7.11 Å². The third-order valence-electron chi connectivity index (χ3n) is 1.59. The Morgan fingerprint density at radius 2 is 2.15 bits per heavy atom. The van der Waals surface area contributed by atoms with E-state index in [9.17, 15) is 9.59 Å². The molecule has 0 radical (unpaired) electrons. The molecule has 76 valence electrons. The van der Waals surface area contributed by atoms with Gasteiger partial charge in [-0.2, -0.15) is 0 Å². The minimum Gasteiger partial charge on any atom is -0.468 e. The molecule has 0 fully saturated rings. The number of carbonyl (C=O) groups is 2. The van der Waals surface area contributed by atoms with Crippen molar-refractivity contribution in [2.75, 3.05) is 13.7 Å². The maximum Gasteiger partial charge on any atom is 0.323 e. The average molecular weight is 187 g/mol. The predicted molar refractivity (Wildman–Crippen MR) is 49.3 cm³/mol. The molecule has 0 saturated carbocycles. The van der Waals surface area contributed by atoms with Crippen LogP contribution in [0.5, 0.6) is 0 Å². The van der Waals surface area contributed by atoms with Crippen LogP contribution in [0.2, 0.25) is 0 Å². The van der Waals surface area contributed by atoms with Crippen LogP contribution < -0.4 is 5.32 Å². The molecular formula is C9H17NO3. The maximum absolute atomic E-state index is 11.1. The number of nitrogens with one attached hydrogen (secondary N) is 1. The van der Waals surface area contributed by atoms with Gasteiger partial charge in [0.05, 0.1) is 7.11 Å². The molecule has 0 bridgehead atoms. The van der Waals surface area contributed by atoms with Crippen molar-refractivity contribution in [3.63, 3.8) is 0 Å². The van der Waals surface area contributed by atoms with Crippen molar-refractivity contribution in [2.24, 2.45) is 5.92 Å². The smallest absolute Gasteiger partial charge is 0.323 e. The summed E-state index contributed by atoms with van der Waals surface area (Å²) in [4.78, 5) is 21.3. The highest BCUT2D eigenvalue weighted by molar-refractivity contribution is 5.78. The van der Waals surface area contributed by atoms with Crippen LogP contribution in [-0.4, -0.2) is 32.0 Å². The Kier molecular flexibility index (Phi) is 6.14. The van der Waals surface area contributed by atoms with Crippen LogP contribution in [0.15, 0.2) is 0 Å². The molecule has 1 unspecified atom stereocenters. The fourth-order valence-corrected chi connectivity index (χ4v) is 0.879. The second kappa shape index (κ2) is 6.60. The van der Waals surface area contributed by atoms with Crippen molar-refractivity contribution >= 4 is 12.3 Å². The Bertz CT molecular complexity index is 168. The summed E-state index contributed by atoms with van der Waals surface area (Å²) in [5, 5.41) is 2.96. The van der Waals surface area contributed by atoms with Crippen LogP contribution >= 0.6 is 0 Å². The van der Waals surface area contributed by atoms with Crippen LogP contribution in [0.1, 0.15) is 20.3 Å². The second-order valence-corrected chi connectivity index (χ2v) is 3.28. The van der Waals surface area contributed by atoms with E-state index in [0.717, 1.165) is 6.29 Å². The van der Waals surface area contributed by atoms with Gasteiger partial charge in [-0.05, 0) is 12.5 Å². The first-order valence-corrected chi connectivity index (χ1v) is 4.36. The minimum absolute atomic E-state index is 0.166. The van der Waals surface area contributed by atoms with Gasteiger partial charge in [0.1, 0.15) is 12.3 Å². The lowest BCUT2D eigenvalue weighted by Crippen LogP contribution is -2.39. The maximum atomic E-state index is 11.1. The normalized spacial score (nSPS) is 12.6. The van der Waals surface area contributed by atoms with Crippen molar-refractivity contribution in [1.82, 2.24) is 5.32 Å². The lowest BCUT2D eigenvalue weighted by atomic mass is 10.2. The molecule has 4 nitrogen and oxygen atoms in total. The predicted octanol–water partition coefficient (Wildman–Crippen LogP) is 0.363. The van der Waals surface area contributed by atoms with Gasteiger partial charge in [-0.25, -0.2) is 0 Å². The molecule has 0 saturated heterocycles. The Hall–Kier alpha value is -0.900. The second-order valence-electron chi connectivity index (χ2n) is 3.28. The summed E-state index contributed by atoms with van der Waals surface area (Å²) >= 11 is 0. The summed E-state index contributed by atoms with van der Waals surface area (Å²) in [7, 11) is 1.32. The van der Waals surface area contributed by atoms with E-state index in [4.69, 9.17) is 0 Å². The largest absolute Gasteiger partial charge is 0.468 e. The molecule has 0 aromatic rings. The first kappa shape index (κ1) is 12.1. The van der Waals surface area contributed by atoms with E-state index in [2.05, 4.69) is 10.1 Å². The van der Waals surface area contributed by atoms with E-state index in [-0.39, 0.29) is 12.4 Å². The van der Waals surface area contributed by atoms with Crippen molar-refractivity contribution in [1.29, 1.82) is 0 Å². The molecule has 13 heavy (non-hydrogen) atoms. The Balaban J connectivity index is 3.93. The van der Waals surface area contributed by atoms with Crippen LogP contribution in [-0.2, 0) is 14.3 Å². The lowest BCUT2D eigenvalue weighted by Gasteiger charge is -2.15. The topological polar surface area (TPSA) is 55.4 Å². The van der Waals surface area contributed by atoms with E-state index in [0.29, 0.717) is 12.5 Å². The van der Waals surface area contributed by atoms with Crippen LogP contribution in [0.25, 0.3) is 0 Å². The van der Waals surface area contributed by atoms with Crippen LogP contribution in [0, 0.1) is 5.92 Å². The molecule has 0 aliphatic heterocycles. The molecule has 0 aromatic heterocycles. The standard InChI is InChI=1S/C9H17NO3/c1-7(2)6-10-8(4-5-11)9(12)13-3/h5,7-8,10H,4,6H2,1-3H3. The Morgan fingerprint density at radius 3 is 2.54 bits per heavy atom. The molecule has 0 aromatic carbocycles. The van der Waals surface area contributed by atoms with Crippen molar-refractivity contribution < 1.29 is 14.3 Å². The van der Waals surface area contributed by atoms with Gasteiger partial charge in [0, 0.05) is 6.42 Å². The van der Waals surface area contributed by atoms with Crippen LogP contribution in [0.4, 0.5) is 0 Å². The van der Waals surface area contributed by atoms with E-state index in [1.807, 2.05) is 13.8 Å². The minimum atomic E-state index is -0.495. The van der Waals surface area contributed by atoms with E-state index in [1.54, 1.807) is 0 Å². The SMILES string of the molecule is COC(=O)C(CC=O)NCC(C)C. The van der Waals surface area contributed by atoms with Crippen molar-refractivity contribution in [3.05, 3.63) is 0 Å². The fraction of sp³-hybridized carbons (Fsp3) is 0.778. The van der Waals surface area contributed by atoms with E-state index < -0.39 is 6.04 Å². The van der Waals surface area contributed by atoms with Gasteiger partial charge in [-0.3, -0.25) is 4.79 Å². The zero-order valence-corrected chi connectivity index (χ0v) is 8.37.